The number of benzene rings is 1. The minimum Gasteiger partial charge on any atom is -0.337 e. The highest BCUT2D eigenvalue weighted by atomic mass is 15.5. The van der Waals surface area contributed by atoms with Crippen LogP contribution in [0.3, 0.4) is 0 Å². The predicted octanol–water partition coefficient (Wildman–Crippen LogP) is 1.32. The van der Waals surface area contributed by atoms with Gasteiger partial charge in [-0.2, -0.15) is 0 Å². The Morgan fingerprint density at radius 3 is 2.40 bits per heavy atom. The van der Waals surface area contributed by atoms with Crippen molar-refractivity contribution >= 4 is 0 Å². The second-order valence-corrected chi connectivity index (χ2v) is 6.77. The van der Waals surface area contributed by atoms with Crippen LogP contribution in [0.2, 0.25) is 0 Å². The number of nitrogens with zero attached hydrogens (tertiary/aromatic N) is 4. The summed E-state index contributed by atoms with van der Waals surface area (Å²) >= 11 is 0. The van der Waals surface area contributed by atoms with E-state index in [2.05, 4.69) is 61.5 Å². The maximum atomic E-state index is 4.06. The molecule has 1 aliphatic rings. The molecule has 0 bridgehead atoms. The van der Waals surface area contributed by atoms with Crippen molar-refractivity contribution in [3.8, 4) is 0 Å². The lowest BCUT2D eigenvalue weighted by atomic mass is 10.1. The van der Waals surface area contributed by atoms with Gasteiger partial charge >= 0.3 is 0 Å². The summed E-state index contributed by atoms with van der Waals surface area (Å²) in [6.45, 7) is 8.33. The van der Waals surface area contributed by atoms with Crippen LogP contribution in [0.1, 0.15) is 17.5 Å². The molecule has 1 aromatic heterocycles. The van der Waals surface area contributed by atoms with Gasteiger partial charge in [-0.3, -0.25) is 5.43 Å². The zero-order chi connectivity index (χ0) is 17.3. The third-order valence-corrected chi connectivity index (χ3v) is 4.69. The number of likely N-dealkylation sites (N-methyl/N-ethyl adjacent to an activating group) is 1. The molecule has 136 valence electrons. The molecule has 1 aromatic carbocycles. The molecule has 2 aromatic rings. The minimum absolute atomic E-state index is 0.905. The number of hydrogen-bond acceptors (Lipinski definition) is 5. The molecule has 1 aliphatic heterocycles. The van der Waals surface area contributed by atoms with Gasteiger partial charge in [0.2, 0.25) is 0 Å². The standard InChI is InChI=1S/C19H30N6/c1-23-11-13-25(14-12-23)22-16-19-5-3-18(4-6-19)15-20-7-2-9-24-10-8-21-17-24/h3-6,8,10,17,20,22H,2,7,9,11-16H2,1H3. The van der Waals surface area contributed by atoms with E-state index in [1.807, 2.05) is 18.7 Å². The van der Waals surface area contributed by atoms with Gasteiger partial charge in [0, 0.05) is 58.2 Å². The van der Waals surface area contributed by atoms with Gasteiger partial charge < -0.3 is 14.8 Å². The Hall–Kier alpha value is -1.73. The molecule has 3 rings (SSSR count). The van der Waals surface area contributed by atoms with Crippen molar-refractivity contribution in [1.82, 2.24) is 30.2 Å². The topological polar surface area (TPSA) is 48.4 Å². The first-order chi connectivity index (χ1) is 12.3. The molecular formula is C19H30N6. The van der Waals surface area contributed by atoms with Crippen molar-refractivity contribution in [1.29, 1.82) is 0 Å². The number of rotatable bonds is 9. The highest BCUT2D eigenvalue weighted by Gasteiger charge is 2.12. The van der Waals surface area contributed by atoms with Crippen LogP contribution in [0.4, 0.5) is 0 Å². The summed E-state index contributed by atoms with van der Waals surface area (Å²) in [6, 6.07) is 8.91. The lowest BCUT2D eigenvalue weighted by Crippen LogP contribution is -2.50. The quantitative estimate of drug-likeness (QED) is 0.673. The molecule has 0 saturated carbocycles. The predicted molar refractivity (Wildman–Crippen MR) is 101 cm³/mol. The first-order valence-electron chi connectivity index (χ1n) is 9.21. The van der Waals surface area contributed by atoms with Crippen LogP contribution in [-0.4, -0.2) is 59.2 Å². The Morgan fingerprint density at radius 1 is 1.00 bits per heavy atom. The van der Waals surface area contributed by atoms with Crippen LogP contribution in [0.25, 0.3) is 0 Å². The Labute approximate surface area is 150 Å². The summed E-state index contributed by atoms with van der Waals surface area (Å²) in [5, 5.41) is 5.84. The summed E-state index contributed by atoms with van der Waals surface area (Å²) in [5.41, 5.74) is 6.21. The maximum Gasteiger partial charge on any atom is 0.0945 e. The molecule has 0 aliphatic carbocycles. The van der Waals surface area contributed by atoms with Gasteiger partial charge in [0.15, 0.2) is 0 Å². The third kappa shape index (κ3) is 6.25. The Kier molecular flexibility index (Phi) is 6.99. The second kappa shape index (κ2) is 9.68. The second-order valence-electron chi connectivity index (χ2n) is 6.77. The van der Waals surface area contributed by atoms with Crippen LogP contribution in [0.5, 0.6) is 0 Å². The van der Waals surface area contributed by atoms with Crippen molar-refractivity contribution in [3.63, 3.8) is 0 Å². The Bertz CT molecular complexity index is 587. The zero-order valence-corrected chi connectivity index (χ0v) is 15.2. The van der Waals surface area contributed by atoms with E-state index in [0.717, 1.165) is 58.8 Å². The third-order valence-electron chi connectivity index (χ3n) is 4.69. The highest BCUT2D eigenvalue weighted by molar-refractivity contribution is 5.22. The van der Waals surface area contributed by atoms with E-state index in [4.69, 9.17) is 0 Å². The average molecular weight is 342 g/mol. The van der Waals surface area contributed by atoms with E-state index in [9.17, 15) is 0 Å². The maximum absolute atomic E-state index is 4.06. The summed E-state index contributed by atoms with van der Waals surface area (Å²) in [6.07, 6.45) is 6.82. The van der Waals surface area contributed by atoms with Gasteiger partial charge in [-0.15, -0.1) is 0 Å². The normalized spacial score (nSPS) is 16.4. The largest absolute Gasteiger partial charge is 0.337 e. The molecule has 0 amide bonds. The number of hydrogen-bond donors (Lipinski definition) is 2. The molecule has 2 N–H and O–H groups in total. The van der Waals surface area contributed by atoms with E-state index < -0.39 is 0 Å². The molecular weight excluding hydrogens is 312 g/mol. The summed E-state index contributed by atoms with van der Waals surface area (Å²) in [4.78, 5) is 6.43. The van der Waals surface area contributed by atoms with Gasteiger partial charge in [-0.1, -0.05) is 24.3 Å². The molecule has 2 heterocycles. The first-order valence-corrected chi connectivity index (χ1v) is 9.21. The van der Waals surface area contributed by atoms with Crippen LogP contribution in [-0.2, 0) is 19.6 Å². The van der Waals surface area contributed by atoms with Crippen LogP contribution >= 0.6 is 0 Å². The van der Waals surface area contributed by atoms with Gasteiger partial charge in [0.25, 0.3) is 0 Å². The van der Waals surface area contributed by atoms with Crippen LogP contribution in [0.15, 0.2) is 43.0 Å². The molecule has 0 atom stereocenters. The van der Waals surface area contributed by atoms with E-state index in [-0.39, 0.29) is 0 Å². The Balaban J connectivity index is 1.30. The molecule has 25 heavy (non-hydrogen) atoms. The number of aryl methyl sites for hydroxylation is 1. The zero-order valence-electron chi connectivity index (χ0n) is 15.2. The Morgan fingerprint density at radius 2 is 1.72 bits per heavy atom. The van der Waals surface area contributed by atoms with Crippen molar-refractivity contribution in [2.75, 3.05) is 39.8 Å². The SMILES string of the molecule is CN1CCN(NCc2ccc(CNCCCn3ccnc3)cc2)CC1. The highest BCUT2D eigenvalue weighted by Crippen LogP contribution is 2.05. The lowest BCUT2D eigenvalue weighted by molar-refractivity contribution is 0.102. The van der Waals surface area contributed by atoms with Crippen molar-refractivity contribution in [2.45, 2.75) is 26.1 Å². The van der Waals surface area contributed by atoms with Crippen LogP contribution < -0.4 is 10.7 Å². The molecule has 0 spiro atoms. The van der Waals surface area contributed by atoms with Crippen LogP contribution in [0, 0.1) is 0 Å². The van der Waals surface area contributed by atoms with E-state index in [1.165, 1.54) is 11.1 Å². The van der Waals surface area contributed by atoms with Gasteiger partial charge in [0.05, 0.1) is 6.33 Å². The number of nitrogens with one attached hydrogen (secondary N) is 2. The molecule has 6 heteroatoms. The molecule has 0 unspecified atom stereocenters. The molecule has 6 nitrogen and oxygen atoms in total. The smallest absolute Gasteiger partial charge is 0.0945 e. The average Bonchev–Trinajstić information content (AvgIpc) is 3.15. The van der Waals surface area contributed by atoms with Gasteiger partial charge in [0.1, 0.15) is 0 Å². The number of aromatic nitrogens is 2. The number of piperazine rings is 1. The molecule has 1 fully saturated rings. The summed E-state index contributed by atoms with van der Waals surface area (Å²) in [5.74, 6) is 0. The van der Waals surface area contributed by atoms with Crippen molar-refractivity contribution < 1.29 is 0 Å². The summed E-state index contributed by atoms with van der Waals surface area (Å²) < 4.78 is 2.11. The van der Waals surface area contributed by atoms with Gasteiger partial charge in [-0.05, 0) is 31.1 Å². The van der Waals surface area contributed by atoms with E-state index in [0.29, 0.717) is 0 Å². The fraction of sp³-hybridized carbons (Fsp3) is 0.526. The number of hydrazine groups is 1. The molecule has 1 saturated heterocycles. The van der Waals surface area contributed by atoms with Crippen molar-refractivity contribution in [3.05, 3.63) is 54.1 Å². The fourth-order valence-electron chi connectivity index (χ4n) is 2.98. The monoisotopic (exact) mass is 342 g/mol. The minimum atomic E-state index is 0.905. The lowest BCUT2D eigenvalue weighted by Gasteiger charge is -2.32. The number of imidazole rings is 1. The van der Waals surface area contributed by atoms with Crippen molar-refractivity contribution in [2.24, 2.45) is 0 Å². The fourth-order valence-corrected chi connectivity index (χ4v) is 2.98. The summed E-state index contributed by atoms with van der Waals surface area (Å²) in [7, 11) is 2.18. The van der Waals surface area contributed by atoms with E-state index >= 15 is 0 Å². The molecule has 0 radical (unpaired) electrons. The van der Waals surface area contributed by atoms with E-state index in [1.54, 1.807) is 0 Å². The first kappa shape index (κ1) is 18.1. The van der Waals surface area contributed by atoms with Gasteiger partial charge in [-0.25, -0.2) is 9.99 Å².